The number of carbonyl (C=O) groups is 5. The third kappa shape index (κ3) is 32.9. The second-order valence-electron chi connectivity index (χ2n) is 12.6. The van der Waals surface area contributed by atoms with Crippen molar-refractivity contribution in [1.29, 1.82) is 0 Å². The lowest BCUT2D eigenvalue weighted by Crippen LogP contribution is -2.55. The normalized spacial score (nSPS) is 12.9. The molecule has 0 heterocycles. The number of ether oxygens (including phenoxy) is 8. The monoisotopic (exact) mass is 795 g/mol. The zero-order valence-electron chi connectivity index (χ0n) is 33.4. The molecule has 19 heteroatoms. The molecule has 0 aliphatic rings. The van der Waals surface area contributed by atoms with Gasteiger partial charge in [-0.15, -0.1) is 0 Å². The molecule has 322 valence electrons. The Bertz CT molecular complexity index is 1010. The molecular weight excluding hydrogens is 726 g/mol. The van der Waals surface area contributed by atoms with Crippen molar-refractivity contribution in [3.63, 3.8) is 0 Å². The van der Waals surface area contributed by atoms with Gasteiger partial charge in [-0.3, -0.25) is 24.0 Å². The van der Waals surface area contributed by atoms with E-state index in [1.165, 1.54) is 6.92 Å². The molecule has 19 nitrogen and oxygen atoms in total. The number of nitrogens with two attached hydrogens (primary N) is 1. The number of hydrogen-bond acceptors (Lipinski definition) is 14. The van der Waals surface area contributed by atoms with Crippen LogP contribution in [0, 0.1) is 5.92 Å². The number of nitrogens with one attached hydrogen (secondary N) is 4. The zero-order chi connectivity index (χ0) is 40.9. The van der Waals surface area contributed by atoms with E-state index in [2.05, 4.69) is 28.2 Å². The lowest BCUT2D eigenvalue weighted by atomic mass is 10.0. The summed E-state index contributed by atoms with van der Waals surface area (Å²) in [7, 11) is 0. The molecule has 3 unspecified atom stereocenters. The van der Waals surface area contributed by atoms with Crippen LogP contribution in [0.3, 0.4) is 0 Å². The molecule has 3 atom stereocenters. The van der Waals surface area contributed by atoms with Gasteiger partial charge in [0.15, 0.2) is 0 Å². The Kier molecular flexibility index (Phi) is 34.6. The Morgan fingerprint density at radius 2 is 0.945 bits per heavy atom. The van der Waals surface area contributed by atoms with Gasteiger partial charge in [-0.1, -0.05) is 27.2 Å². The summed E-state index contributed by atoms with van der Waals surface area (Å²) >= 11 is 0. The van der Waals surface area contributed by atoms with Crippen molar-refractivity contribution in [3.8, 4) is 0 Å². The summed E-state index contributed by atoms with van der Waals surface area (Å²) in [4.78, 5) is 59.5. The van der Waals surface area contributed by atoms with E-state index < -0.39 is 35.9 Å². The zero-order valence-corrected chi connectivity index (χ0v) is 33.4. The average Bonchev–Trinajstić information content (AvgIpc) is 3.15. The van der Waals surface area contributed by atoms with Crippen molar-refractivity contribution >= 4 is 29.6 Å². The van der Waals surface area contributed by atoms with Crippen LogP contribution in [0.4, 0.5) is 0 Å². The van der Waals surface area contributed by atoms with Crippen LogP contribution >= 0.6 is 0 Å². The van der Waals surface area contributed by atoms with Crippen LogP contribution in [0.1, 0.15) is 59.8 Å². The summed E-state index contributed by atoms with van der Waals surface area (Å²) in [5, 5.41) is 19.4. The first-order chi connectivity index (χ1) is 26.5. The van der Waals surface area contributed by atoms with Crippen molar-refractivity contribution in [2.24, 2.45) is 11.7 Å². The van der Waals surface area contributed by atoms with Gasteiger partial charge in [-0.2, -0.15) is 0 Å². The van der Waals surface area contributed by atoms with Crippen LogP contribution in [-0.2, 0) is 61.9 Å². The van der Waals surface area contributed by atoms with Crippen molar-refractivity contribution in [2.45, 2.75) is 77.9 Å². The molecule has 0 fully saturated rings. The number of carboxylic acids is 1. The highest BCUT2D eigenvalue weighted by molar-refractivity contribution is 5.92. The molecule has 0 aliphatic carbocycles. The first kappa shape index (κ1) is 52.0. The Morgan fingerprint density at radius 1 is 0.545 bits per heavy atom. The predicted octanol–water partition coefficient (Wildman–Crippen LogP) is -0.621. The van der Waals surface area contributed by atoms with E-state index in [0.29, 0.717) is 112 Å². The molecule has 0 aromatic heterocycles. The fourth-order valence-electron chi connectivity index (χ4n) is 4.23. The van der Waals surface area contributed by atoms with E-state index >= 15 is 0 Å². The lowest BCUT2D eigenvalue weighted by molar-refractivity contribution is -0.142. The minimum absolute atomic E-state index is 0.000846. The molecule has 0 spiro atoms. The molecular formula is C36H69N5O14. The maximum Gasteiger partial charge on any atom is 0.325 e. The number of unbranched alkanes of at least 4 members (excludes halogenated alkanes) is 1. The summed E-state index contributed by atoms with van der Waals surface area (Å²) in [6.45, 7) is 14.5. The maximum atomic E-state index is 12.5. The summed E-state index contributed by atoms with van der Waals surface area (Å²) in [6.07, 6.45) is 2.45. The highest BCUT2D eigenvalue weighted by Crippen LogP contribution is 2.05. The Balaban J connectivity index is 3.50. The number of carboxylic acid groups (broad SMARTS) is 1. The van der Waals surface area contributed by atoms with Crippen molar-refractivity contribution in [2.75, 3.05) is 119 Å². The lowest BCUT2D eigenvalue weighted by Gasteiger charge is -2.24. The number of amides is 4. The van der Waals surface area contributed by atoms with E-state index in [-0.39, 0.29) is 43.7 Å². The van der Waals surface area contributed by atoms with Gasteiger partial charge < -0.3 is 70.0 Å². The number of hydrogen-bond donors (Lipinski definition) is 6. The fraction of sp³-hybridized carbons (Fsp3) is 0.861. The van der Waals surface area contributed by atoms with Gasteiger partial charge in [0.05, 0.1) is 112 Å². The molecule has 0 aromatic rings. The highest BCUT2D eigenvalue weighted by atomic mass is 16.6. The number of aliphatic carboxylic acids is 1. The minimum Gasteiger partial charge on any atom is -0.480 e. The maximum absolute atomic E-state index is 12.5. The minimum atomic E-state index is -1.20. The smallest absolute Gasteiger partial charge is 0.325 e. The molecule has 0 radical (unpaired) electrons. The van der Waals surface area contributed by atoms with Crippen molar-refractivity contribution in [3.05, 3.63) is 0 Å². The molecule has 7 N–H and O–H groups in total. The second-order valence-corrected chi connectivity index (χ2v) is 12.6. The van der Waals surface area contributed by atoms with Gasteiger partial charge in [0.25, 0.3) is 0 Å². The summed E-state index contributed by atoms with van der Waals surface area (Å²) in [5.41, 5.74) is 5.91. The van der Waals surface area contributed by atoms with Crippen molar-refractivity contribution in [1.82, 2.24) is 21.3 Å². The summed E-state index contributed by atoms with van der Waals surface area (Å²) in [6, 6.07) is -3.11. The van der Waals surface area contributed by atoms with Crippen molar-refractivity contribution < 1.29 is 67.0 Å². The van der Waals surface area contributed by atoms with Crippen LogP contribution in [0.15, 0.2) is 0 Å². The fourth-order valence-corrected chi connectivity index (χ4v) is 4.23. The van der Waals surface area contributed by atoms with Crippen LogP contribution in [0.2, 0.25) is 0 Å². The Labute approximate surface area is 326 Å². The third-order valence-electron chi connectivity index (χ3n) is 7.49. The molecule has 55 heavy (non-hydrogen) atoms. The molecule has 0 aromatic carbocycles. The van der Waals surface area contributed by atoms with Gasteiger partial charge in [0.2, 0.25) is 23.6 Å². The Hall–Kier alpha value is -3.01. The molecule has 0 saturated carbocycles. The van der Waals surface area contributed by atoms with Gasteiger partial charge >= 0.3 is 5.97 Å². The van der Waals surface area contributed by atoms with Gasteiger partial charge in [0, 0.05) is 25.9 Å². The predicted molar refractivity (Wildman–Crippen MR) is 201 cm³/mol. The van der Waals surface area contributed by atoms with Crippen LogP contribution < -0.4 is 27.0 Å². The first-order valence-electron chi connectivity index (χ1n) is 19.2. The SMILES string of the molecule is CCCCNC(=O)CCOCCOCCOCCOCCOCCOCCOCCOCCNC(=O)CCC(N)C(=O)NC(C(=O)NC(C)C(=O)O)C(C)C. The molecule has 4 amide bonds. The third-order valence-corrected chi connectivity index (χ3v) is 7.49. The number of rotatable bonds is 39. The standard InChI is InChI=1S/C36H69N5O14/c1-5-6-10-38-32(43)9-12-48-14-16-50-18-20-52-22-24-54-26-27-55-25-23-53-21-19-51-17-15-49-13-11-39-31(42)8-7-30(37)34(44)41-33(28(2)3)35(45)40-29(4)36(46)47/h28-30,33H,5-27,37H2,1-4H3,(H,38,43)(H,39,42)(H,40,45)(H,41,44)(H,46,47). The quantitative estimate of drug-likeness (QED) is 0.0424. The highest BCUT2D eigenvalue weighted by Gasteiger charge is 2.28. The van der Waals surface area contributed by atoms with E-state index in [0.717, 1.165) is 12.8 Å². The number of carbonyl (C=O) groups excluding carboxylic acids is 4. The van der Waals surface area contributed by atoms with Gasteiger partial charge in [-0.05, 0) is 25.7 Å². The van der Waals surface area contributed by atoms with E-state index in [9.17, 15) is 24.0 Å². The Morgan fingerprint density at radius 3 is 1.36 bits per heavy atom. The molecule has 0 bridgehead atoms. The van der Waals surface area contributed by atoms with Gasteiger partial charge in [0.1, 0.15) is 12.1 Å². The van der Waals surface area contributed by atoms with Crippen LogP contribution in [0.25, 0.3) is 0 Å². The van der Waals surface area contributed by atoms with Gasteiger partial charge in [-0.25, -0.2) is 0 Å². The summed E-state index contributed by atoms with van der Waals surface area (Å²) in [5.74, 6) is -3.04. The van der Waals surface area contributed by atoms with E-state index in [4.69, 9.17) is 48.7 Å². The average molecular weight is 796 g/mol. The second kappa shape index (κ2) is 36.6. The largest absolute Gasteiger partial charge is 0.480 e. The van der Waals surface area contributed by atoms with Crippen LogP contribution in [0.5, 0.6) is 0 Å². The van der Waals surface area contributed by atoms with Crippen LogP contribution in [-0.4, -0.2) is 172 Å². The van der Waals surface area contributed by atoms with E-state index in [1.54, 1.807) is 13.8 Å². The topological polar surface area (TPSA) is 254 Å². The first-order valence-corrected chi connectivity index (χ1v) is 19.2. The molecule has 0 aliphatic heterocycles. The summed E-state index contributed by atoms with van der Waals surface area (Å²) < 4.78 is 43.5. The molecule has 0 saturated heterocycles. The van der Waals surface area contributed by atoms with E-state index in [1.807, 2.05) is 0 Å². The molecule has 0 rings (SSSR count).